The summed E-state index contributed by atoms with van der Waals surface area (Å²) in [7, 11) is 0. The van der Waals surface area contributed by atoms with Gasteiger partial charge in [-0.2, -0.15) is 0 Å². The molecular formula is C16H12N2O4. The largest absolute Gasteiger partial charge is 0.459 e. The fourth-order valence-electron chi connectivity index (χ4n) is 2.23. The van der Waals surface area contributed by atoms with Gasteiger partial charge in [0.05, 0.1) is 17.7 Å². The summed E-state index contributed by atoms with van der Waals surface area (Å²) in [6.07, 6.45) is 1.49. The number of aromatic nitrogens is 1. The molecule has 6 heteroatoms. The maximum absolute atomic E-state index is 12.1. The molecule has 6 nitrogen and oxygen atoms in total. The van der Waals surface area contributed by atoms with Crippen molar-refractivity contribution in [2.75, 3.05) is 13.2 Å². The normalized spacial score (nSPS) is 13.2. The zero-order valence-corrected chi connectivity index (χ0v) is 11.6. The lowest BCUT2D eigenvalue weighted by Crippen LogP contribution is -2.33. The number of nitrogens with zero attached hydrogens (tertiary/aromatic N) is 2. The van der Waals surface area contributed by atoms with E-state index in [1.165, 1.54) is 12.3 Å². The topological polar surface area (TPSA) is 76.6 Å². The van der Waals surface area contributed by atoms with Crippen LogP contribution in [0.15, 0.2) is 48.7 Å². The van der Waals surface area contributed by atoms with Gasteiger partial charge in [-0.1, -0.05) is 18.2 Å². The molecule has 0 atom stereocenters. The molecule has 0 aliphatic carbocycles. The second-order valence-electron chi connectivity index (χ2n) is 4.66. The number of hydrogen-bond donors (Lipinski definition) is 0. The number of hydrogen-bond acceptors (Lipinski definition) is 5. The van der Waals surface area contributed by atoms with E-state index >= 15 is 0 Å². The Bertz CT molecular complexity index is 708. The Morgan fingerprint density at radius 2 is 1.64 bits per heavy atom. The highest BCUT2D eigenvalue weighted by molar-refractivity contribution is 6.21. The van der Waals surface area contributed by atoms with Gasteiger partial charge in [0, 0.05) is 6.20 Å². The van der Waals surface area contributed by atoms with Crippen LogP contribution in [-0.2, 0) is 4.74 Å². The first-order chi connectivity index (χ1) is 10.7. The highest BCUT2D eigenvalue weighted by atomic mass is 16.5. The average Bonchev–Trinajstić information content (AvgIpc) is 2.81. The summed E-state index contributed by atoms with van der Waals surface area (Å²) >= 11 is 0. The molecule has 0 N–H and O–H groups in total. The zero-order valence-electron chi connectivity index (χ0n) is 11.6. The van der Waals surface area contributed by atoms with Crippen LogP contribution in [0.1, 0.15) is 31.2 Å². The van der Waals surface area contributed by atoms with Crippen molar-refractivity contribution in [1.29, 1.82) is 0 Å². The smallest absolute Gasteiger partial charge is 0.356 e. The summed E-state index contributed by atoms with van der Waals surface area (Å²) < 4.78 is 5.04. The molecule has 0 bridgehead atoms. The Balaban J connectivity index is 1.61. The van der Waals surface area contributed by atoms with E-state index in [1.807, 2.05) is 0 Å². The zero-order chi connectivity index (χ0) is 15.5. The van der Waals surface area contributed by atoms with Gasteiger partial charge in [0.2, 0.25) is 0 Å². The van der Waals surface area contributed by atoms with Crippen LogP contribution < -0.4 is 0 Å². The molecule has 110 valence electrons. The predicted octanol–water partition coefficient (Wildman–Crippen LogP) is 1.53. The molecule has 0 saturated carbocycles. The fraction of sp³-hybridized carbons (Fsp3) is 0.125. The number of imide groups is 1. The first kappa shape index (κ1) is 13.9. The van der Waals surface area contributed by atoms with Crippen LogP contribution in [0.5, 0.6) is 0 Å². The SMILES string of the molecule is O=C(OCCN1C(=O)c2ccccc2C1=O)c1ccccn1. The molecule has 1 aliphatic rings. The number of benzene rings is 1. The third-order valence-electron chi connectivity index (χ3n) is 3.30. The van der Waals surface area contributed by atoms with Gasteiger partial charge in [-0.05, 0) is 24.3 Å². The minimum Gasteiger partial charge on any atom is -0.459 e. The van der Waals surface area contributed by atoms with E-state index in [4.69, 9.17) is 4.74 Å². The van der Waals surface area contributed by atoms with Crippen molar-refractivity contribution in [3.63, 3.8) is 0 Å². The lowest BCUT2D eigenvalue weighted by Gasteiger charge is -2.13. The third-order valence-corrected chi connectivity index (χ3v) is 3.30. The van der Waals surface area contributed by atoms with Crippen molar-refractivity contribution in [3.05, 3.63) is 65.5 Å². The number of carbonyl (C=O) groups is 3. The Kier molecular flexibility index (Phi) is 3.65. The average molecular weight is 296 g/mol. The van der Waals surface area contributed by atoms with Crippen molar-refractivity contribution in [2.45, 2.75) is 0 Å². The standard InChI is InChI=1S/C16H12N2O4/c19-14-11-5-1-2-6-12(11)15(20)18(14)9-10-22-16(21)13-7-3-4-8-17-13/h1-8H,9-10H2. The molecule has 0 radical (unpaired) electrons. The van der Waals surface area contributed by atoms with E-state index in [-0.39, 0.29) is 30.7 Å². The van der Waals surface area contributed by atoms with Crippen LogP contribution in [0.25, 0.3) is 0 Å². The summed E-state index contributed by atoms with van der Waals surface area (Å²) in [6, 6.07) is 11.5. The lowest BCUT2D eigenvalue weighted by atomic mass is 10.1. The summed E-state index contributed by atoms with van der Waals surface area (Å²) in [6.45, 7) is -0.0498. The Morgan fingerprint density at radius 3 is 2.23 bits per heavy atom. The van der Waals surface area contributed by atoms with E-state index < -0.39 is 5.97 Å². The number of rotatable bonds is 4. The molecule has 2 heterocycles. The second kappa shape index (κ2) is 5.77. The molecule has 2 amide bonds. The van der Waals surface area contributed by atoms with Crippen molar-refractivity contribution in [1.82, 2.24) is 9.88 Å². The maximum Gasteiger partial charge on any atom is 0.356 e. The van der Waals surface area contributed by atoms with Crippen LogP contribution in [0.4, 0.5) is 0 Å². The number of pyridine rings is 1. The van der Waals surface area contributed by atoms with Crippen molar-refractivity contribution < 1.29 is 19.1 Å². The van der Waals surface area contributed by atoms with E-state index in [2.05, 4.69) is 4.98 Å². The first-order valence-electron chi connectivity index (χ1n) is 6.72. The molecule has 0 spiro atoms. The van der Waals surface area contributed by atoms with Gasteiger partial charge in [-0.25, -0.2) is 9.78 Å². The lowest BCUT2D eigenvalue weighted by molar-refractivity contribution is 0.0415. The number of fused-ring (bicyclic) bond motifs is 1. The van der Waals surface area contributed by atoms with E-state index in [1.54, 1.807) is 36.4 Å². The number of amides is 2. The molecule has 0 fully saturated rings. The summed E-state index contributed by atoms with van der Waals surface area (Å²) in [5, 5.41) is 0. The van der Waals surface area contributed by atoms with Crippen LogP contribution in [0.3, 0.4) is 0 Å². The van der Waals surface area contributed by atoms with E-state index in [0.717, 1.165) is 4.90 Å². The van der Waals surface area contributed by atoms with Gasteiger partial charge in [0.1, 0.15) is 12.3 Å². The van der Waals surface area contributed by atoms with Crippen LogP contribution in [0, 0.1) is 0 Å². The van der Waals surface area contributed by atoms with Gasteiger partial charge >= 0.3 is 5.97 Å². The molecule has 1 aromatic heterocycles. The maximum atomic E-state index is 12.1. The fourth-order valence-corrected chi connectivity index (χ4v) is 2.23. The van der Waals surface area contributed by atoms with Crippen LogP contribution in [0.2, 0.25) is 0 Å². The quantitative estimate of drug-likeness (QED) is 0.631. The highest BCUT2D eigenvalue weighted by Crippen LogP contribution is 2.21. The van der Waals surface area contributed by atoms with Crippen LogP contribution >= 0.6 is 0 Å². The first-order valence-corrected chi connectivity index (χ1v) is 6.72. The van der Waals surface area contributed by atoms with Crippen molar-refractivity contribution in [3.8, 4) is 0 Å². The summed E-state index contributed by atoms with van der Waals surface area (Å²) in [4.78, 5) is 40.9. The van der Waals surface area contributed by atoms with E-state index in [0.29, 0.717) is 11.1 Å². The number of ether oxygens (including phenoxy) is 1. The highest BCUT2D eigenvalue weighted by Gasteiger charge is 2.34. The van der Waals surface area contributed by atoms with Gasteiger partial charge in [0.25, 0.3) is 11.8 Å². The molecular weight excluding hydrogens is 284 g/mol. The Morgan fingerprint density at radius 1 is 1.00 bits per heavy atom. The minimum atomic E-state index is -0.586. The van der Waals surface area contributed by atoms with Gasteiger partial charge in [-0.15, -0.1) is 0 Å². The number of carbonyl (C=O) groups excluding carboxylic acids is 3. The molecule has 0 unspecified atom stereocenters. The molecule has 1 aromatic carbocycles. The van der Waals surface area contributed by atoms with Crippen molar-refractivity contribution in [2.24, 2.45) is 0 Å². The predicted molar refractivity (Wildman–Crippen MR) is 76.3 cm³/mol. The van der Waals surface area contributed by atoms with Crippen LogP contribution in [-0.4, -0.2) is 40.8 Å². The van der Waals surface area contributed by atoms with E-state index in [9.17, 15) is 14.4 Å². The molecule has 22 heavy (non-hydrogen) atoms. The Hall–Kier alpha value is -3.02. The van der Waals surface area contributed by atoms with Gasteiger partial charge < -0.3 is 4.74 Å². The van der Waals surface area contributed by atoms with Crippen molar-refractivity contribution >= 4 is 17.8 Å². The number of esters is 1. The molecule has 3 rings (SSSR count). The monoisotopic (exact) mass is 296 g/mol. The molecule has 0 saturated heterocycles. The second-order valence-corrected chi connectivity index (χ2v) is 4.66. The van der Waals surface area contributed by atoms with Gasteiger partial charge in [-0.3, -0.25) is 14.5 Å². The minimum absolute atomic E-state index is 0.0188. The Labute approximate surface area is 126 Å². The molecule has 1 aliphatic heterocycles. The summed E-state index contributed by atoms with van der Waals surface area (Å²) in [5.74, 6) is -1.32. The third kappa shape index (κ3) is 2.46. The molecule has 2 aromatic rings. The van der Waals surface area contributed by atoms with Gasteiger partial charge in [0.15, 0.2) is 0 Å². The summed E-state index contributed by atoms with van der Waals surface area (Å²) in [5.41, 5.74) is 0.942.